The van der Waals surface area contributed by atoms with E-state index >= 15 is 0 Å². The zero-order chi connectivity index (χ0) is 20.4. The third-order valence-electron chi connectivity index (χ3n) is 3.44. The number of anilines is 2. The fourth-order valence-corrected chi connectivity index (χ4v) is 4.38. The minimum atomic E-state index is -4.01. The summed E-state index contributed by atoms with van der Waals surface area (Å²) in [6.07, 6.45) is 2.19. The van der Waals surface area contributed by atoms with Crippen LogP contribution in [-0.4, -0.2) is 26.8 Å². The van der Waals surface area contributed by atoms with E-state index in [9.17, 15) is 16.8 Å². The zero-order valence-corrected chi connectivity index (χ0v) is 17.0. The van der Waals surface area contributed by atoms with Crippen molar-refractivity contribution in [1.29, 1.82) is 0 Å². The standard InChI is InChI=1S/C16H12Cl2N4O4S2/c17-15-7-5-11(9-19-15)27(23,24)21-13-3-1-2-4-14(13)22-28(25,26)12-6-8-16(18)20-10-12/h1-10,21-22H. The Kier molecular flexibility index (Phi) is 5.75. The highest BCUT2D eigenvalue weighted by atomic mass is 35.5. The number of benzene rings is 1. The molecule has 0 bridgehead atoms. The fourth-order valence-electron chi connectivity index (χ4n) is 2.11. The van der Waals surface area contributed by atoms with E-state index in [-0.39, 0.29) is 31.5 Å². The number of nitrogens with one attached hydrogen (secondary N) is 2. The predicted molar refractivity (Wildman–Crippen MR) is 107 cm³/mol. The van der Waals surface area contributed by atoms with Crippen LogP contribution in [0.25, 0.3) is 0 Å². The van der Waals surface area contributed by atoms with Gasteiger partial charge in [-0.25, -0.2) is 26.8 Å². The first kappa shape index (κ1) is 20.3. The van der Waals surface area contributed by atoms with Gasteiger partial charge in [0.25, 0.3) is 20.0 Å². The lowest BCUT2D eigenvalue weighted by Crippen LogP contribution is -2.17. The van der Waals surface area contributed by atoms with Crippen molar-refractivity contribution in [3.8, 4) is 0 Å². The molecule has 28 heavy (non-hydrogen) atoms. The Bertz CT molecular complexity index is 1100. The summed E-state index contributed by atoms with van der Waals surface area (Å²) in [6.45, 7) is 0. The topological polar surface area (TPSA) is 118 Å². The van der Waals surface area contributed by atoms with Crippen LogP contribution in [0.15, 0.2) is 70.7 Å². The van der Waals surface area contributed by atoms with E-state index < -0.39 is 20.0 Å². The summed E-state index contributed by atoms with van der Waals surface area (Å²) in [5, 5.41) is 0.285. The largest absolute Gasteiger partial charge is 0.277 e. The first-order valence-corrected chi connectivity index (χ1v) is 11.3. The summed E-state index contributed by atoms with van der Waals surface area (Å²) in [7, 11) is -8.03. The number of hydrogen-bond acceptors (Lipinski definition) is 6. The summed E-state index contributed by atoms with van der Waals surface area (Å²) in [5.41, 5.74) is 0.0610. The Labute approximate surface area is 171 Å². The van der Waals surface area contributed by atoms with Gasteiger partial charge >= 0.3 is 0 Å². The molecule has 2 heterocycles. The number of aromatic nitrogens is 2. The van der Waals surface area contributed by atoms with E-state index in [1.165, 1.54) is 36.4 Å². The molecule has 0 aliphatic heterocycles. The number of sulfonamides is 2. The maximum Gasteiger partial charge on any atom is 0.263 e. The van der Waals surface area contributed by atoms with Crippen molar-refractivity contribution in [2.75, 3.05) is 9.44 Å². The summed E-state index contributed by atoms with van der Waals surface area (Å²) < 4.78 is 54.8. The molecular weight excluding hydrogens is 447 g/mol. The highest BCUT2D eigenvalue weighted by molar-refractivity contribution is 7.93. The Hall–Kier alpha value is -2.40. The monoisotopic (exact) mass is 458 g/mol. The van der Waals surface area contributed by atoms with Gasteiger partial charge in [0, 0.05) is 12.4 Å². The van der Waals surface area contributed by atoms with Crippen LogP contribution in [-0.2, 0) is 20.0 Å². The van der Waals surface area contributed by atoms with Crippen LogP contribution >= 0.6 is 23.2 Å². The quantitative estimate of drug-likeness (QED) is 0.546. The van der Waals surface area contributed by atoms with Gasteiger partial charge in [-0.2, -0.15) is 0 Å². The van der Waals surface area contributed by atoms with E-state index in [2.05, 4.69) is 19.4 Å². The van der Waals surface area contributed by atoms with Crippen molar-refractivity contribution < 1.29 is 16.8 Å². The van der Waals surface area contributed by atoms with Crippen molar-refractivity contribution in [2.24, 2.45) is 0 Å². The molecule has 3 rings (SSSR count). The van der Waals surface area contributed by atoms with Gasteiger partial charge in [-0.1, -0.05) is 35.3 Å². The van der Waals surface area contributed by atoms with Crippen LogP contribution in [0, 0.1) is 0 Å². The summed E-state index contributed by atoms with van der Waals surface area (Å²) in [4.78, 5) is 7.21. The Morgan fingerprint density at radius 2 is 1.04 bits per heavy atom. The molecule has 0 spiro atoms. The molecule has 0 unspecified atom stereocenters. The molecule has 3 aromatic rings. The van der Waals surface area contributed by atoms with Crippen LogP contribution in [0.4, 0.5) is 11.4 Å². The molecule has 0 fully saturated rings. The van der Waals surface area contributed by atoms with Gasteiger partial charge in [-0.15, -0.1) is 0 Å². The van der Waals surface area contributed by atoms with Gasteiger partial charge in [-0.05, 0) is 36.4 Å². The number of rotatable bonds is 6. The van der Waals surface area contributed by atoms with E-state index in [1.54, 1.807) is 12.1 Å². The highest BCUT2D eigenvalue weighted by Gasteiger charge is 2.20. The second kappa shape index (κ2) is 7.92. The van der Waals surface area contributed by atoms with Crippen molar-refractivity contribution in [2.45, 2.75) is 9.79 Å². The molecule has 0 atom stereocenters. The van der Waals surface area contributed by atoms with Gasteiger partial charge in [0.1, 0.15) is 20.1 Å². The lowest BCUT2D eigenvalue weighted by atomic mass is 10.3. The molecule has 0 saturated carbocycles. The molecule has 0 aliphatic rings. The first-order valence-electron chi connectivity index (χ1n) is 7.55. The van der Waals surface area contributed by atoms with Crippen LogP contribution < -0.4 is 9.44 Å². The number of hydrogen-bond donors (Lipinski definition) is 2. The molecule has 1 aromatic carbocycles. The second-order valence-corrected chi connectivity index (χ2v) is 9.53. The van der Waals surface area contributed by atoms with Gasteiger partial charge in [-0.3, -0.25) is 9.44 Å². The van der Waals surface area contributed by atoms with Crippen molar-refractivity contribution >= 4 is 54.6 Å². The number of nitrogens with zero attached hydrogens (tertiary/aromatic N) is 2. The fraction of sp³-hybridized carbons (Fsp3) is 0. The van der Waals surface area contributed by atoms with Crippen LogP contribution in [0.1, 0.15) is 0 Å². The maximum atomic E-state index is 12.5. The molecule has 0 aliphatic carbocycles. The molecule has 8 nitrogen and oxygen atoms in total. The lowest BCUT2D eigenvalue weighted by molar-refractivity contribution is 0.598. The van der Waals surface area contributed by atoms with Crippen LogP contribution in [0.3, 0.4) is 0 Å². The SMILES string of the molecule is O=S(=O)(Nc1ccccc1NS(=O)(=O)c1ccc(Cl)nc1)c1ccc(Cl)nc1. The molecular formula is C16H12Cl2N4O4S2. The summed E-state index contributed by atoms with van der Waals surface area (Å²) in [5.74, 6) is 0. The molecule has 0 saturated heterocycles. The normalized spacial score (nSPS) is 11.8. The number of halogens is 2. The summed E-state index contributed by atoms with van der Waals surface area (Å²) >= 11 is 11.3. The third-order valence-corrected chi connectivity index (χ3v) is 6.59. The Morgan fingerprint density at radius 3 is 1.36 bits per heavy atom. The molecule has 12 heteroatoms. The smallest absolute Gasteiger partial charge is 0.263 e. The molecule has 0 radical (unpaired) electrons. The molecule has 146 valence electrons. The summed E-state index contributed by atoms with van der Waals surface area (Å²) in [6, 6.07) is 11.2. The number of para-hydroxylation sites is 2. The molecule has 0 amide bonds. The highest BCUT2D eigenvalue weighted by Crippen LogP contribution is 2.27. The number of pyridine rings is 2. The zero-order valence-electron chi connectivity index (χ0n) is 13.9. The van der Waals surface area contributed by atoms with Crippen molar-refractivity contribution in [3.63, 3.8) is 0 Å². The van der Waals surface area contributed by atoms with E-state index in [4.69, 9.17) is 23.2 Å². The molecule has 2 N–H and O–H groups in total. The van der Waals surface area contributed by atoms with Gasteiger partial charge in [0.2, 0.25) is 0 Å². The van der Waals surface area contributed by atoms with Gasteiger partial charge in [0.05, 0.1) is 11.4 Å². The second-order valence-electron chi connectivity index (χ2n) is 5.39. The third kappa shape index (κ3) is 4.71. The van der Waals surface area contributed by atoms with Crippen LogP contribution in [0.5, 0.6) is 0 Å². The average Bonchev–Trinajstić information content (AvgIpc) is 2.64. The van der Waals surface area contributed by atoms with E-state index in [0.717, 1.165) is 12.4 Å². The predicted octanol–water partition coefficient (Wildman–Crippen LogP) is 3.39. The minimum Gasteiger partial charge on any atom is -0.277 e. The average molecular weight is 459 g/mol. The lowest BCUT2D eigenvalue weighted by Gasteiger charge is -2.14. The maximum absolute atomic E-state index is 12.5. The minimum absolute atomic E-state index is 0.0305. The van der Waals surface area contributed by atoms with Gasteiger partial charge in [0.15, 0.2) is 0 Å². The Balaban J connectivity index is 1.91. The van der Waals surface area contributed by atoms with E-state index in [1.807, 2.05) is 0 Å². The van der Waals surface area contributed by atoms with Gasteiger partial charge < -0.3 is 0 Å². The molecule has 2 aromatic heterocycles. The van der Waals surface area contributed by atoms with Crippen molar-refractivity contribution in [1.82, 2.24) is 9.97 Å². The van der Waals surface area contributed by atoms with Crippen LogP contribution in [0.2, 0.25) is 10.3 Å². The Morgan fingerprint density at radius 1 is 0.643 bits per heavy atom. The van der Waals surface area contributed by atoms with Crippen molar-refractivity contribution in [3.05, 3.63) is 71.2 Å². The van der Waals surface area contributed by atoms with E-state index in [0.29, 0.717) is 0 Å². The first-order chi connectivity index (χ1) is 13.2.